The number of hydrogen-bond acceptors (Lipinski definition) is 4. The van der Waals surface area contributed by atoms with Gasteiger partial charge >= 0.3 is 6.03 Å². The second-order valence-corrected chi connectivity index (χ2v) is 4.49. The molecule has 0 saturated heterocycles. The Morgan fingerprint density at radius 2 is 2.21 bits per heavy atom. The molecule has 1 aromatic heterocycles. The van der Waals surface area contributed by atoms with Crippen molar-refractivity contribution in [3.05, 3.63) is 22.4 Å². The third-order valence-corrected chi connectivity index (χ3v) is 2.51. The second-order valence-electron chi connectivity index (χ2n) is 4.49. The van der Waals surface area contributed by atoms with Crippen LogP contribution in [0.2, 0.25) is 0 Å². The number of nitro groups is 1. The van der Waals surface area contributed by atoms with Crippen molar-refractivity contribution in [1.29, 1.82) is 0 Å². The minimum Gasteiger partial charge on any atom is -0.338 e. The first-order valence-electron chi connectivity index (χ1n) is 5.90. The highest BCUT2D eigenvalue weighted by atomic mass is 16.6. The topological polar surface area (TPSA) is 92.4 Å². The van der Waals surface area contributed by atoms with E-state index in [1.165, 1.54) is 16.8 Å². The average Bonchev–Trinajstić information content (AvgIpc) is 2.66. The predicted octanol–water partition coefficient (Wildman–Crippen LogP) is 1.01. The molecule has 8 heteroatoms. The maximum atomic E-state index is 11.6. The normalized spacial score (nSPS) is 10.5. The number of rotatable bonds is 6. The van der Waals surface area contributed by atoms with E-state index in [1.807, 2.05) is 19.0 Å². The zero-order valence-electron chi connectivity index (χ0n) is 11.3. The van der Waals surface area contributed by atoms with Crippen LogP contribution in [0.25, 0.3) is 0 Å². The molecule has 0 aliphatic rings. The monoisotopic (exact) mass is 269 g/mol. The Morgan fingerprint density at radius 3 is 2.74 bits per heavy atom. The van der Waals surface area contributed by atoms with Gasteiger partial charge in [-0.1, -0.05) is 0 Å². The van der Waals surface area contributed by atoms with Crippen LogP contribution in [-0.2, 0) is 7.05 Å². The lowest BCUT2D eigenvalue weighted by molar-refractivity contribution is -0.384. The summed E-state index contributed by atoms with van der Waals surface area (Å²) >= 11 is 0. The number of amides is 2. The van der Waals surface area contributed by atoms with Gasteiger partial charge in [0.25, 0.3) is 5.69 Å². The van der Waals surface area contributed by atoms with Crippen LogP contribution >= 0.6 is 0 Å². The number of carbonyl (C=O) groups excluding carboxylic acids is 1. The van der Waals surface area contributed by atoms with Crippen molar-refractivity contribution in [2.75, 3.05) is 32.5 Å². The molecule has 0 fully saturated rings. The van der Waals surface area contributed by atoms with Crippen LogP contribution in [0.4, 0.5) is 16.3 Å². The highest BCUT2D eigenvalue weighted by Crippen LogP contribution is 2.18. The van der Waals surface area contributed by atoms with Crippen LogP contribution in [-0.4, -0.2) is 47.6 Å². The molecular weight excluding hydrogens is 250 g/mol. The second kappa shape index (κ2) is 6.74. The largest absolute Gasteiger partial charge is 0.338 e. The van der Waals surface area contributed by atoms with Crippen LogP contribution in [0.15, 0.2) is 12.3 Å². The van der Waals surface area contributed by atoms with Crippen molar-refractivity contribution in [2.45, 2.75) is 6.42 Å². The fourth-order valence-corrected chi connectivity index (χ4v) is 1.53. The molecule has 0 bridgehead atoms. The number of carbonyl (C=O) groups is 1. The maximum absolute atomic E-state index is 11.6. The Kier molecular flexibility index (Phi) is 5.31. The van der Waals surface area contributed by atoms with Crippen LogP contribution < -0.4 is 10.6 Å². The SMILES string of the molecule is CN(C)CCCNC(=O)Nc1cc([N+](=O)[O-])cn1C. The van der Waals surface area contributed by atoms with E-state index in [1.54, 1.807) is 7.05 Å². The summed E-state index contributed by atoms with van der Waals surface area (Å²) in [5.41, 5.74) is -0.0505. The lowest BCUT2D eigenvalue weighted by Gasteiger charge is -2.10. The molecule has 1 rings (SSSR count). The third kappa shape index (κ3) is 4.96. The molecule has 0 saturated carbocycles. The van der Waals surface area contributed by atoms with Crippen molar-refractivity contribution in [1.82, 2.24) is 14.8 Å². The summed E-state index contributed by atoms with van der Waals surface area (Å²) in [6, 6.07) is 0.953. The molecule has 1 aromatic rings. The molecule has 106 valence electrons. The molecule has 8 nitrogen and oxygen atoms in total. The first-order valence-corrected chi connectivity index (χ1v) is 5.90. The maximum Gasteiger partial charge on any atom is 0.320 e. The van der Waals surface area contributed by atoms with Crippen molar-refractivity contribution in [2.24, 2.45) is 7.05 Å². The van der Waals surface area contributed by atoms with Gasteiger partial charge in [0.05, 0.1) is 17.2 Å². The van der Waals surface area contributed by atoms with Crippen molar-refractivity contribution in [3.63, 3.8) is 0 Å². The highest BCUT2D eigenvalue weighted by Gasteiger charge is 2.13. The molecule has 0 aliphatic heterocycles. The summed E-state index contributed by atoms with van der Waals surface area (Å²) in [7, 11) is 5.56. The van der Waals surface area contributed by atoms with Gasteiger partial charge in [-0.2, -0.15) is 0 Å². The van der Waals surface area contributed by atoms with E-state index >= 15 is 0 Å². The van der Waals surface area contributed by atoms with E-state index in [4.69, 9.17) is 0 Å². The van der Waals surface area contributed by atoms with E-state index in [9.17, 15) is 14.9 Å². The highest BCUT2D eigenvalue weighted by molar-refractivity contribution is 5.88. The van der Waals surface area contributed by atoms with Gasteiger partial charge in [0, 0.05) is 13.6 Å². The van der Waals surface area contributed by atoms with Crippen LogP contribution in [0.3, 0.4) is 0 Å². The van der Waals surface area contributed by atoms with Gasteiger partial charge < -0.3 is 14.8 Å². The van der Waals surface area contributed by atoms with Crippen LogP contribution in [0.1, 0.15) is 6.42 Å². The molecule has 2 amide bonds. The van der Waals surface area contributed by atoms with Gasteiger partial charge in [-0.25, -0.2) is 4.79 Å². The fourth-order valence-electron chi connectivity index (χ4n) is 1.53. The van der Waals surface area contributed by atoms with E-state index < -0.39 is 4.92 Å². The number of nitrogens with one attached hydrogen (secondary N) is 2. The fraction of sp³-hybridized carbons (Fsp3) is 0.545. The quantitative estimate of drug-likeness (QED) is 0.458. The average molecular weight is 269 g/mol. The molecule has 19 heavy (non-hydrogen) atoms. The van der Waals surface area contributed by atoms with E-state index in [0.29, 0.717) is 12.4 Å². The molecule has 0 atom stereocenters. The number of nitrogens with zero attached hydrogens (tertiary/aromatic N) is 3. The Morgan fingerprint density at radius 1 is 1.53 bits per heavy atom. The number of aryl methyl sites for hydroxylation is 1. The summed E-state index contributed by atoms with van der Waals surface area (Å²) < 4.78 is 1.50. The zero-order chi connectivity index (χ0) is 14.4. The van der Waals surface area contributed by atoms with Gasteiger partial charge in [-0.05, 0) is 27.1 Å². The number of aromatic nitrogens is 1. The van der Waals surface area contributed by atoms with Crippen molar-refractivity contribution >= 4 is 17.5 Å². The van der Waals surface area contributed by atoms with Gasteiger partial charge in [0.2, 0.25) is 0 Å². The van der Waals surface area contributed by atoms with E-state index in [2.05, 4.69) is 10.6 Å². The van der Waals surface area contributed by atoms with E-state index in [-0.39, 0.29) is 11.7 Å². The van der Waals surface area contributed by atoms with Gasteiger partial charge in [0.1, 0.15) is 5.82 Å². The molecule has 0 aromatic carbocycles. The minimum atomic E-state index is -0.500. The summed E-state index contributed by atoms with van der Waals surface area (Å²) in [5.74, 6) is 0.386. The first-order chi connectivity index (χ1) is 8.90. The number of urea groups is 1. The standard InChI is InChI=1S/C11H19N5O3/c1-14(2)6-4-5-12-11(17)13-10-7-9(16(18)19)8-15(10)3/h7-8H,4-6H2,1-3H3,(H2,12,13,17). The molecule has 0 aliphatic carbocycles. The molecular formula is C11H19N5O3. The van der Waals surface area contributed by atoms with Gasteiger partial charge in [-0.15, -0.1) is 0 Å². The summed E-state index contributed by atoms with van der Waals surface area (Å²) in [5, 5.41) is 15.8. The minimum absolute atomic E-state index is 0.0505. The van der Waals surface area contributed by atoms with Crippen molar-refractivity contribution in [3.8, 4) is 0 Å². The lowest BCUT2D eigenvalue weighted by Crippen LogP contribution is -2.31. The Labute approximate surface area is 111 Å². The Hall–Kier alpha value is -2.09. The Bertz CT molecular complexity index is 455. The van der Waals surface area contributed by atoms with Gasteiger partial charge in [-0.3, -0.25) is 15.4 Å². The molecule has 1 heterocycles. The molecule has 0 radical (unpaired) electrons. The molecule has 0 spiro atoms. The lowest BCUT2D eigenvalue weighted by atomic mass is 10.4. The molecule has 0 unspecified atom stereocenters. The van der Waals surface area contributed by atoms with Crippen molar-refractivity contribution < 1.29 is 9.72 Å². The third-order valence-electron chi connectivity index (χ3n) is 2.51. The predicted molar refractivity (Wildman–Crippen MR) is 72.3 cm³/mol. The Balaban J connectivity index is 2.42. The molecule has 2 N–H and O–H groups in total. The zero-order valence-corrected chi connectivity index (χ0v) is 11.3. The van der Waals surface area contributed by atoms with E-state index in [0.717, 1.165) is 13.0 Å². The number of hydrogen-bond donors (Lipinski definition) is 2. The summed E-state index contributed by atoms with van der Waals surface area (Å²) in [4.78, 5) is 23.7. The number of anilines is 1. The summed E-state index contributed by atoms with van der Waals surface area (Å²) in [6.07, 6.45) is 2.19. The smallest absolute Gasteiger partial charge is 0.320 e. The van der Waals surface area contributed by atoms with Crippen LogP contribution in [0, 0.1) is 10.1 Å². The van der Waals surface area contributed by atoms with Crippen LogP contribution in [0.5, 0.6) is 0 Å². The first kappa shape index (κ1) is 15.0. The summed E-state index contributed by atoms with van der Waals surface area (Å²) in [6.45, 7) is 1.44. The van der Waals surface area contributed by atoms with Gasteiger partial charge in [0.15, 0.2) is 0 Å².